The highest BCUT2D eigenvalue weighted by atomic mass is 32.1. The minimum absolute atomic E-state index is 0.300. The molecule has 4 rings (SSSR count). The lowest BCUT2D eigenvalue weighted by Gasteiger charge is -2.02. The molecule has 0 fully saturated rings. The van der Waals surface area contributed by atoms with E-state index >= 15 is 0 Å². The second-order valence-corrected chi connectivity index (χ2v) is 7.58. The SMILES string of the molecule is NCC(Cn1ncn(Cc2ccc(-c3ccc4c(c3)CN=C4)s2)c1=O)=C(F)F. The highest BCUT2D eigenvalue weighted by Gasteiger charge is 2.13. The minimum Gasteiger partial charge on any atom is -0.327 e. The number of nitrogens with zero attached hydrogens (tertiary/aromatic N) is 4. The van der Waals surface area contributed by atoms with Gasteiger partial charge in [-0.15, -0.1) is 11.3 Å². The molecule has 0 aliphatic carbocycles. The van der Waals surface area contributed by atoms with Crippen molar-refractivity contribution in [3.63, 3.8) is 0 Å². The molecular formula is C19H17F2N5OS. The highest BCUT2D eigenvalue weighted by molar-refractivity contribution is 7.15. The number of hydrogen-bond acceptors (Lipinski definition) is 5. The maximum atomic E-state index is 12.8. The molecule has 28 heavy (non-hydrogen) atoms. The van der Waals surface area contributed by atoms with E-state index < -0.39 is 11.8 Å². The standard InChI is InChI=1S/C19H17F2N5OS/c20-18(21)15(6-22)9-26-19(27)25(11-24-26)10-16-3-4-17(28-16)12-1-2-13-7-23-8-14(13)5-12/h1-5,7,11H,6,8-10,22H2. The Labute approximate surface area is 163 Å². The molecule has 3 aromatic rings. The normalized spacial score (nSPS) is 12.4. The maximum absolute atomic E-state index is 12.8. The van der Waals surface area contributed by atoms with E-state index in [0.717, 1.165) is 25.6 Å². The van der Waals surface area contributed by atoms with Crippen LogP contribution >= 0.6 is 11.3 Å². The van der Waals surface area contributed by atoms with Crippen LogP contribution < -0.4 is 11.4 Å². The number of fused-ring (bicyclic) bond motifs is 1. The van der Waals surface area contributed by atoms with Gasteiger partial charge < -0.3 is 5.73 Å². The average molecular weight is 401 g/mol. The third-order valence-electron chi connectivity index (χ3n) is 4.56. The minimum atomic E-state index is -1.87. The van der Waals surface area contributed by atoms with Crippen LogP contribution in [-0.4, -0.2) is 27.1 Å². The Kier molecular flexibility index (Phi) is 5.01. The number of rotatable bonds is 6. The molecule has 6 nitrogen and oxygen atoms in total. The molecule has 0 saturated carbocycles. The van der Waals surface area contributed by atoms with Gasteiger partial charge in [0.1, 0.15) is 6.33 Å². The van der Waals surface area contributed by atoms with Crippen molar-refractivity contribution in [2.75, 3.05) is 6.54 Å². The fraction of sp³-hybridized carbons (Fsp3) is 0.211. The third-order valence-corrected chi connectivity index (χ3v) is 5.68. The quantitative estimate of drug-likeness (QED) is 0.690. The predicted molar refractivity (Wildman–Crippen MR) is 105 cm³/mol. The Bertz CT molecular complexity index is 1140. The van der Waals surface area contributed by atoms with Gasteiger partial charge in [-0.3, -0.25) is 9.56 Å². The van der Waals surface area contributed by atoms with Crippen molar-refractivity contribution in [1.29, 1.82) is 0 Å². The van der Waals surface area contributed by atoms with Crippen LogP contribution in [0.3, 0.4) is 0 Å². The summed E-state index contributed by atoms with van der Waals surface area (Å²) in [6.45, 7) is 0.408. The highest BCUT2D eigenvalue weighted by Crippen LogP contribution is 2.30. The fourth-order valence-electron chi connectivity index (χ4n) is 3.02. The van der Waals surface area contributed by atoms with Crippen molar-refractivity contribution in [2.24, 2.45) is 10.7 Å². The number of thiophene rings is 1. The summed E-state index contributed by atoms with van der Waals surface area (Å²) in [6.07, 6.45) is 1.37. The number of aromatic nitrogens is 3. The topological polar surface area (TPSA) is 78.2 Å². The first kappa shape index (κ1) is 18.5. The van der Waals surface area contributed by atoms with Gasteiger partial charge in [0.25, 0.3) is 6.08 Å². The summed E-state index contributed by atoms with van der Waals surface area (Å²) < 4.78 is 27.9. The van der Waals surface area contributed by atoms with E-state index in [1.54, 1.807) is 11.3 Å². The Morgan fingerprint density at radius 1 is 1.25 bits per heavy atom. The summed E-state index contributed by atoms with van der Waals surface area (Å²) in [4.78, 5) is 18.7. The number of hydrogen-bond donors (Lipinski definition) is 1. The van der Waals surface area contributed by atoms with Gasteiger partial charge >= 0.3 is 5.69 Å². The summed E-state index contributed by atoms with van der Waals surface area (Å²) in [6, 6.07) is 10.2. The van der Waals surface area contributed by atoms with Crippen molar-refractivity contribution < 1.29 is 8.78 Å². The lowest BCUT2D eigenvalue weighted by molar-refractivity contribution is 0.400. The summed E-state index contributed by atoms with van der Waals surface area (Å²) in [5.41, 5.74) is 8.01. The van der Waals surface area contributed by atoms with E-state index in [9.17, 15) is 13.6 Å². The number of benzene rings is 1. The Balaban J connectivity index is 1.52. The van der Waals surface area contributed by atoms with E-state index in [0.29, 0.717) is 13.1 Å². The van der Waals surface area contributed by atoms with Gasteiger partial charge in [0, 0.05) is 28.1 Å². The maximum Gasteiger partial charge on any atom is 0.346 e. The van der Waals surface area contributed by atoms with Crippen LogP contribution in [0.25, 0.3) is 10.4 Å². The van der Waals surface area contributed by atoms with Crippen molar-refractivity contribution in [2.45, 2.75) is 19.6 Å². The first-order chi connectivity index (χ1) is 13.5. The van der Waals surface area contributed by atoms with Gasteiger partial charge in [-0.1, -0.05) is 12.1 Å². The average Bonchev–Trinajstić information content (AvgIpc) is 3.41. The van der Waals surface area contributed by atoms with Crippen LogP contribution in [0.2, 0.25) is 0 Å². The molecular weight excluding hydrogens is 384 g/mol. The zero-order chi connectivity index (χ0) is 19.7. The van der Waals surface area contributed by atoms with Crippen molar-refractivity contribution in [3.8, 4) is 10.4 Å². The second kappa shape index (κ2) is 7.61. The van der Waals surface area contributed by atoms with Crippen LogP contribution in [0.15, 0.2) is 58.1 Å². The molecule has 0 bridgehead atoms. The molecule has 0 atom stereocenters. The fourth-order valence-corrected chi connectivity index (χ4v) is 4.02. The molecule has 1 aromatic carbocycles. The summed E-state index contributed by atoms with van der Waals surface area (Å²) in [5, 5.41) is 3.92. The van der Waals surface area contributed by atoms with Crippen molar-refractivity contribution in [1.82, 2.24) is 14.3 Å². The number of halogens is 2. The Morgan fingerprint density at radius 2 is 2.11 bits per heavy atom. The second-order valence-electron chi connectivity index (χ2n) is 6.42. The Hall–Kier alpha value is -2.91. The summed E-state index contributed by atoms with van der Waals surface area (Å²) in [5.74, 6) is 0. The van der Waals surface area contributed by atoms with Crippen molar-refractivity contribution in [3.05, 3.63) is 74.8 Å². The molecule has 0 radical (unpaired) electrons. The van der Waals surface area contributed by atoms with Gasteiger partial charge in [0.2, 0.25) is 0 Å². The predicted octanol–water partition coefficient (Wildman–Crippen LogP) is 2.86. The largest absolute Gasteiger partial charge is 0.346 e. The molecule has 0 saturated heterocycles. The van der Waals surface area contributed by atoms with E-state index in [4.69, 9.17) is 5.73 Å². The third kappa shape index (κ3) is 3.58. The smallest absolute Gasteiger partial charge is 0.327 e. The van der Waals surface area contributed by atoms with Gasteiger partial charge in [-0.05, 0) is 34.9 Å². The van der Waals surface area contributed by atoms with Crippen LogP contribution in [0.4, 0.5) is 8.78 Å². The summed E-state index contributed by atoms with van der Waals surface area (Å²) in [7, 11) is 0. The molecule has 0 spiro atoms. The van der Waals surface area contributed by atoms with Gasteiger partial charge in [-0.25, -0.2) is 9.48 Å². The molecule has 9 heteroatoms. The summed E-state index contributed by atoms with van der Waals surface area (Å²) >= 11 is 1.58. The van der Waals surface area contributed by atoms with Crippen LogP contribution in [0.5, 0.6) is 0 Å². The Morgan fingerprint density at radius 3 is 2.89 bits per heavy atom. The van der Waals surface area contributed by atoms with Gasteiger partial charge in [-0.2, -0.15) is 13.9 Å². The molecule has 144 valence electrons. The molecule has 1 aliphatic heterocycles. The van der Waals surface area contributed by atoms with E-state index in [-0.39, 0.29) is 18.7 Å². The molecule has 2 N–H and O–H groups in total. The molecule has 3 heterocycles. The zero-order valence-corrected chi connectivity index (χ0v) is 15.6. The number of nitrogens with two attached hydrogens (primary N) is 1. The molecule has 1 aliphatic rings. The van der Waals surface area contributed by atoms with E-state index in [2.05, 4.69) is 28.3 Å². The van der Waals surface area contributed by atoms with Gasteiger partial charge in [0.15, 0.2) is 0 Å². The molecule has 2 aromatic heterocycles. The van der Waals surface area contributed by atoms with Crippen LogP contribution in [-0.2, 0) is 19.6 Å². The zero-order valence-electron chi connectivity index (χ0n) is 14.8. The van der Waals surface area contributed by atoms with Gasteiger partial charge in [0.05, 0.1) is 19.6 Å². The van der Waals surface area contributed by atoms with Crippen LogP contribution in [0.1, 0.15) is 16.0 Å². The number of aliphatic imine (C=N–C) groups is 1. The first-order valence-electron chi connectivity index (χ1n) is 8.62. The van der Waals surface area contributed by atoms with Crippen molar-refractivity contribution >= 4 is 17.6 Å². The van der Waals surface area contributed by atoms with E-state index in [1.807, 2.05) is 18.3 Å². The first-order valence-corrected chi connectivity index (χ1v) is 9.44. The molecule has 0 unspecified atom stereocenters. The lowest BCUT2D eigenvalue weighted by atomic mass is 10.1. The lowest BCUT2D eigenvalue weighted by Crippen LogP contribution is -2.27. The molecule has 0 amide bonds. The monoisotopic (exact) mass is 401 g/mol. The van der Waals surface area contributed by atoms with Crippen LogP contribution in [0, 0.1) is 0 Å². The van der Waals surface area contributed by atoms with E-state index in [1.165, 1.54) is 16.5 Å².